The molecule has 20 heavy (non-hydrogen) atoms. The van der Waals surface area contributed by atoms with Crippen LogP contribution in [0, 0.1) is 6.92 Å². The molecule has 0 fully saturated rings. The number of alkyl halides is 1. The lowest BCUT2D eigenvalue weighted by Gasteiger charge is -2.11. The van der Waals surface area contributed by atoms with Gasteiger partial charge in [-0.1, -0.05) is 42.0 Å². The van der Waals surface area contributed by atoms with Gasteiger partial charge in [-0.25, -0.2) is 4.98 Å². The second-order valence-corrected chi connectivity index (χ2v) is 5.80. The largest absolute Gasteiger partial charge is 0.322 e. The zero-order valence-corrected chi connectivity index (χ0v) is 12.4. The van der Waals surface area contributed by atoms with Crippen LogP contribution in [0.25, 0.3) is 11.0 Å². The molecule has 1 atom stereocenters. The van der Waals surface area contributed by atoms with Crippen LogP contribution in [-0.2, 0) is 6.54 Å². The SMILES string of the molecule is Cc1ccc(Cn2c(C(C)Cl)nc3ccccc32)cc1. The molecule has 3 rings (SSSR count). The first-order valence-electron chi connectivity index (χ1n) is 6.80. The number of imidazole rings is 1. The molecule has 2 aromatic carbocycles. The number of rotatable bonds is 3. The van der Waals surface area contributed by atoms with Gasteiger partial charge in [0.15, 0.2) is 0 Å². The Balaban J connectivity index is 2.09. The summed E-state index contributed by atoms with van der Waals surface area (Å²) in [4.78, 5) is 4.66. The van der Waals surface area contributed by atoms with Crippen LogP contribution in [0.1, 0.15) is 29.3 Å². The normalized spacial score (nSPS) is 12.8. The Bertz CT molecular complexity index is 726. The summed E-state index contributed by atoms with van der Waals surface area (Å²) >= 11 is 6.29. The molecule has 1 unspecified atom stereocenters. The van der Waals surface area contributed by atoms with Gasteiger partial charge in [0.25, 0.3) is 0 Å². The number of aromatic nitrogens is 2. The fourth-order valence-electron chi connectivity index (χ4n) is 2.44. The van der Waals surface area contributed by atoms with Crippen molar-refractivity contribution in [3.8, 4) is 0 Å². The maximum Gasteiger partial charge on any atom is 0.128 e. The van der Waals surface area contributed by atoms with Gasteiger partial charge in [0.1, 0.15) is 5.82 Å². The van der Waals surface area contributed by atoms with Crippen LogP contribution in [-0.4, -0.2) is 9.55 Å². The Kier molecular flexibility index (Phi) is 3.49. The van der Waals surface area contributed by atoms with Gasteiger partial charge in [0.05, 0.1) is 16.4 Å². The summed E-state index contributed by atoms with van der Waals surface area (Å²) in [6.45, 7) is 4.87. The lowest BCUT2D eigenvalue weighted by molar-refractivity contribution is 0.742. The van der Waals surface area contributed by atoms with Crippen molar-refractivity contribution < 1.29 is 0 Å². The summed E-state index contributed by atoms with van der Waals surface area (Å²) in [5.74, 6) is 0.924. The van der Waals surface area contributed by atoms with Gasteiger partial charge < -0.3 is 4.57 Å². The average Bonchev–Trinajstić information content (AvgIpc) is 2.81. The summed E-state index contributed by atoms with van der Waals surface area (Å²) < 4.78 is 2.21. The molecule has 1 heterocycles. The Morgan fingerprint density at radius 1 is 1.10 bits per heavy atom. The van der Waals surface area contributed by atoms with E-state index in [1.54, 1.807) is 0 Å². The second-order valence-electron chi connectivity index (χ2n) is 5.15. The van der Waals surface area contributed by atoms with Crippen LogP contribution in [0.5, 0.6) is 0 Å². The summed E-state index contributed by atoms with van der Waals surface area (Å²) in [7, 11) is 0. The van der Waals surface area contributed by atoms with Crippen molar-refractivity contribution in [1.29, 1.82) is 0 Å². The minimum Gasteiger partial charge on any atom is -0.322 e. The number of hydrogen-bond donors (Lipinski definition) is 0. The van der Waals surface area contributed by atoms with Crippen molar-refractivity contribution in [2.45, 2.75) is 25.8 Å². The first-order chi connectivity index (χ1) is 9.65. The van der Waals surface area contributed by atoms with Gasteiger partial charge in [-0.15, -0.1) is 11.6 Å². The van der Waals surface area contributed by atoms with Crippen molar-refractivity contribution in [3.63, 3.8) is 0 Å². The molecule has 2 nitrogen and oxygen atoms in total. The van der Waals surface area contributed by atoms with E-state index in [2.05, 4.69) is 46.8 Å². The van der Waals surface area contributed by atoms with Gasteiger partial charge in [-0.2, -0.15) is 0 Å². The minimum absolute atomic E-state index is 0.104. The Labute approximate surface area is 124 Å². The maximum absolute atomic E-state index is 6.29. The molecule has 1 aromatic heterocycles. The Morgan fingerprint density at radius 2 is 1.80 bits per heavy atom. The smallest absolute Gasteiger partial charge is 0.128 e. The van der Waals surface area contributed by atoms with Gasteiger partial charge >= 0.3 is 0 Å². The third kappa shape index (κ3) is 2.44. The molecule has 0 aliphatic carbocycles. The highest BCUT2D eigenvalue weighted by atomic mass is 35.5. The molecule has 0 saturated heterocycles. The predicted octanol–water partition coefficient (Wildman–Crippen LogP) is 4.69. The summed E-state index contributed by atoms with van der Waals surface area (Å²) in [5.41, 5.74) is 4.67. The van der Waals surface area contributed by atoms with Gasteiger partial charge in [0, 0.05) is 6.54 Å². The number of benzene rings is 2. The fraction of sp³-hybridized carbons (Fsp3) is 0.235. The van der Waals surface area contributed by atoms with Crippen molar-refractivity contribution in [2.24, 2.45) is 0 Å². The van der Waals surface area contributed by atoms with E-state index in [4.69, 9.17) is 11.6 Å². The molecule has 0 aliphatic heterocycles. The van der Waals surface area contributed by atoms with Crippen LogP contribution < -0.4 is 0 Å². The summed E-state index contributed by atoms with van der Waals surface area (Å²) in [6, 6.07) is 16.8. The lowest BCUT2D eigenvalue weighted by Crippen LogP contribution is -2.05. The molecule has 102 valence electrons. The van der Waals surface area contributed by atoms with E-state index in [-0.39, 0.29) is 5.38 Å². The topological polar surface area (TPSA) is 17.8 Å². The maximum atomic E-state index is 6.29. The van der Waals surface area contributed by atoms with E-state index in [1.807, 2.05) is 25.1 Å². The first kappa shape index (κ1) is 13.2. The molecular weight excluding hydrogens is 268 g/mol. The van der Waals surface area contributed by atoms with Crippen LogP contribution in [0.15, 0.2) is 48.5 Å². The highest BCUT2D eigenvalue weighted by Gasteiger charge is 2.14. The van der Waals surface area contributed by atoms with E-state index in [1.165, 1.54) is 11.1 Å². The minimum atomic E-state index is -0.104. The van der Waals surface area contributed by atoms with Crippen molar-refractivity contribution in [1.82, 2.24) is 9.55 Å². The van der Waals surface area contributed by atoms with Gasteiger partial charge in [-0.3, -0.25) is 0 Å². The molecule has 0 saturated carbocycles. The van der Waals surface area contributed by atoms with Crippen molar-refractivity contribution >= 4 is 22.6 Å². The second kappa shape index (κ2) is 5.29. The standard InChI is InChI=1S/C17H17ClN2/c1-12-7-9-14(10-8-12)11-20-16-6-4-3-5-15(16)19-17(20)13(2)18/h3-10,13H,11H2,1-2H3. The first-order valence-corrected chi connectivity index (χ1v) is 7.23. The molecule has 3 aromatic rings. The quantitative estimate of drug-likeness (QED) is 0.638. The molecule has 0 radical (unpaired) electrons. The van der Waals surface area contributed by atoms with Crippen molar-refractivity contribution in [3.05, 3.63) is 65.5 Å². The zero-order valence-electron chi connectivity index (χ0n) is 11.7. The zero-order chi connectivity index (χ0) is 14.1. The van der Waals surface area contributed by atoms with Crippen LogP contribution >= 0.6 is 11.6 Å². The number of para-hydroxylation sites is 2. The van der Waals surface area contributed by atoms with Gasteiger partial charge in [0.2, 0.25) is 0 Å². The highest BCUT2D eigenvalue weighted by Crippen LogP contribution is 2.25. The Hall–Kier alpha value is -1.80. The third-order valence-electron chi connectivity index (χ3n) is 3.50. The number of aryl methyl sites for hydroxylation is 1. The summed E-state index contributed by atoms with van der Waals surface area (Å²) in [6.07, 6.45) is 0. The molecule has 0 spiro atoms. The lowest BCUT2D eigenvalue weighted by atomic mass is 10.1. The van der Waals surface area contributed by atoms with Crippen LogP contribution in [0.4, 0.5) is 0 Å². The number of nitrogens with zero attached hydrogens (tertiary/aromatic N) is 2. The molecule has 0 aliphatic rings. The number of fused-ring (bicyclic) bond motifs is 1. The molecule has 0 bridgehead atoms. The monoisotopic (exact) mass is 284 g/mol. The van der Waals surface area contributed by atoms with E-state index in [0.29, 0.717) is 0 Å². The molecule has 0 N–H and O–H groups in total. The third-order valence-corrected chi connectivity index (χ3v) is 3.70. The van der Waals surface area contributed by atoms with Crippen LogP contribution in [0.2, 0.25) is 0 Å². The number of hydrogen-bond acceptors (Lipinski definition) is 1. The fourth-order valence-corrected chi connectivity index (χ4v) is 2.61. The van der Waals surface area contributed by atoms with Crippen LogP contribution in [0.3, 0.4) is 0 Å². The predicted molar refractivity (Wildman–Crippen MR) is 84.3 cm³/mol. The van der Waals surface area contributed by atoms with E-state index >= 15 is 0 Å². The molecular formula is C17H17ClN2. The summed E-state index contributed by atoms with van der Waals surface area (Å²) in [5, 5.41) is -0.104. The van der Waals surface area contributed by atoms with E-state index in [0.717, 1.165) is 23.4 Å². The average molecular weight is 285 g/mol. The Morgan fingerprint density at radius 3 is 2.50 bits per heavy atom. The molecule has 0 amide bonds. The van der Waals surface area contributed by atoms with Crippen molar-refractivity contribution in [2.75, 3.05) is 0 Å². The van der Waals surface area contributed by atoms with Gasteiger partial charge in [-0.05, 0) is 31.5 Å². The molecule has 3 heteroatoms. The highest BCUT2D eigenvalue weighted by molar-refractivity contribution is 6.20. The number of halogens is 1. The van der Waals surface area contributed by atoms with E-state index < -0.39 is 0 Å². The van der Waals surface area contributed by atoms with E-state index in [9.17, 15) is 0 Å².